The van der Waals surface area contributed by atoms with E-state index in [1.165, 1.54) is 37.7 Å². The average Bonchev–Trinajstić information content (AvgIpc) is 2.72. The van der Waals surface area contributed by atoms with Crippen LogP contribution in [0.1, 0.15) is 69.6 Å². The van der Waals surface area contributed by atoms with Gasteiger partial charge in [0.25, 0.3) is 0 Å². The lowest BCUT2D eigenvalue weighted by Gasteiger charge is -2.24. The summed E-state index contributed by atoms with van der Waals surface area (Å²) in [4.78, 5) is 0. The van der Waals surface area contributed by atoms with Gasteiger partial charge in [-0.2, -0.15) is 0 Å². The topological polar surface area (TPSA) is 29.5 Å². The van der Waals surface area contributed by atoms with Crippen molar-refractivity contribution in [3.05, 3.63) is 29.3 Å². The molecule has 2 aliphatic rings. The predicted molar refractivity (Wildman–Crippen MR) is 81.0 cm³/mol. The molecule has 1 N–H and O–H groups in total. The Hall–Kier alpha value is -1.02. The first kappa shape index (κ1) is 13.9. The minimum atomic E-state index is -0.313. The lowest BCUT2D eigenvalue weighted by atomic mass is 9.84. The standard InChI is InChI=1S/C18H26O2/c1-18(2)12-15-11-14(8-9-17(15)20-18)16(19)10-13-6-4-3-5-7-13/h8-9,11,13,16,19H,3-7,10,12H2,1-2H3. The third-order valence-corrected chi connectivity index (χ3v) is 4.75. The van der Waals surface area contributed by atoms with Crippen molar-refractivity contribution in [3.63, 3.8) is 0 Å². The van der Waals surface area contributed by atoms with Crippen LogP contribution in [0.5, 0.6) is 5.75 Å². The number of hydrogen-bond acceptors (Lipinski definition) is 2. The molecule has 0 radical (unpaired) electrons. The van der Waals surface area contributed by atoms with Crippen molar-refractivity contribution in [2.75, 3.05) is 0 Å². The summed E-state index contributed by atoms with van der Waals surface area (Å²) < 4.78 is 5.90. The minimum absolute atomic E-state index is 0.102. The van der Waals surface area contributed by atoms with Gasteiger partial charge in [-0.15, -0.1) is 0 Å². The number of benzene rings is 1. The van der Waals surface area contributed by atoms with Crippen LogP contribution in [-0.2, 0) is 6.42 Å². The summed E-state index contributed by atoms with van der Waals surface area (Å²) in [6.07, 6.45) is 8.17. The van der Waals surface area contributed by atoms with E-state index in [4.69, 9.17) is 4.74 Å². The third-order valence-electron chi connectivity index (χ3n) is 4.75. The number of aliphatic hydroxyl groups excluding tert-OH is 1. The number of fused-ring (bicyclic) bond motifs is 1. The highest BCUT2D eigenvalue weighted by molar-refractivity contribution is 5.42. The normalized spacial score (nSPS) is 23.1. The Morgan fingerprint density at radius 1 is 1.25 bits per heavy atom. The summed E-state index contributed by atoms with van der Waals surface area (Å²) in [5.74, 6) is 1.70. The maximum absolute atomic E-state index is 10.5. The molecule has 1 unspecified atom stereocenters. The molecule has 1 fully saturated rings. The van der Waals surface area contributed by atoms with Crippen LogP contribution in [0.3, 0.4) is 0 Å². The van der Waals surface area contributed by atoms with E-state index in [0.717, 1.165) is 24.2 Å². The molecule has 20 heavy (non-hydrogen) atoms. The largest absolute Gasteiger partial charge is 0.487 e. The van der Waals surface area contributed by atoms with Crippen molar-refractivity contribution in [1.29, 1.82) is 0 Å². The molecule has 1 aliphatic heterocycles. The van der Waals surface area contributed by atoms with Crippen LogP contribution in [0, 0.1) is 5.92 Å². The fourth-order valence-corrected chi connectivity index (χ4v) is 3.71. The van der Waals surface area contributed by atoms with Crippen LogP contribution < -0.4 is 4.74 Å². The Bertz CT molecular complexity index is 472. The lowest BCUT2D eigenvalue weighted by Crippen LogP contribution is -2.24. The smallest absolute Gasteiger partial charge is 0.123 e. The predicted octanol–water partition coefficient (Wildman–Crippen LogP) is 4.40. The van der Waals surface area contributed by atoms with Gasteiger partial charge in [0, 0.05) is 6.42 Å². The van der Waals surface area contributed by atoms with E-state index in [2.05, 4.69) is 19.9 Å². The molecule has 1 atom stereocenters. The van der Waals surface area contributed by atoms with Gasteiger partial charge in [-0.05, 0) is 49.4 Å². The molecule has 2 nitrogen and oxygen atoms in total. The van der Waals surface area contributed by atoms with Crippen LogP contribution >= 0.6 is 0 Å². The van der Waals surface area contributed by atoms with E-state index in [1.807, 2.05) is 12.1 Å². The molecule has 1 aromatic carbocycles. The van der Waals surface area contributed by atoms with Crippen LogP contribution in [0.25, 0.3) is 0 Å². The first-order valence-electron chi connectivity index (χ1n) is 8.03. The highest BCUT2D eigenvalue weighted by Gasteiger charge is 2.30. The average molecular weight is 274 g/mol. The van der Waals surface area contributed by atoms with Gasteiger partial charge < -0.3 is 9.84 Å². The maximum Gasteiger partial charge on any atom is 0.123 e. The van der Waals surface area contributed by atoms with Gasteiger partial charge in [-0.3, -0.25) is 0 Å². The third kappa shape index (κ3) is 3.01. The molecule has 0 bridgehead atoms. The Morgan fingerprint density at radius 2 is 2.00 bits per heavy atom. The molecule has 1 saturated carbocycles. The summed E-state index contributed by atoms with van der Waals surface area (Å²) in [6.45, 7) is 4.23. The Labute approximate surface area is 122 Å². The molecule has 0 spiro atoms. The molecule has 0 saturated heterocycles. The summed E-state index contributed by atoms with van der Waals surface area (Å²) >= 11 is 0. The van der Waals surface area contributed by atoms with Gasteiger partial charge in [0.05, 0.1) is 6.10 Å². The number of ether oxygens (including phenoxy) is 1. The zero-order valence-corrected chi connectivity index (χ0v) is 12.7. The SMILES string of the molecule is CC1(C)Cc2cc(C(O)CC3CCCCC3)ccc2O1. The first-order chi connectivity index (χ1) is 9.53. The molecule has 1 aliphatic carbocycles. The van der Waals surface area contributed by atoms with Crippen molar-refractivity contribution in [2.45, 2.75) is 70.5 Å². The maximum atomic E-state index is 10.5. The molecule has 1 heterocycles. The quantitative estimate of drug-likeness (QED) is 0.885. The summed E-state index contributed by atoms with van der Waals surface area (Å²) in [6, 6.07) is 6.22. The lowest BCUT2D eigenvalue weighted by molar-refractivity contribution is 0.131. The second kappa shape index (κ2) is 5.40. The zero-order valence-electron chi connectivity index (χ0n) is 12.7. The van der Waals surface area contributed by atoms with E-state index in [-0.39, 0.29) is 11.7 Å². The first-order valence-corrected chi connectivity index (χ1v) is 8.03. The molecule has 110 valence electrons. The van der Waals surface area contributed by atoms with Gasteiger partial charge in [-0.25, -0.2) is 0 Å². The van der Waals surface area contributed by atoms with Crippen LogP contribution in [-0.4, -0.2) is 10.7 Å². The van der Waals surface area contributed by atoms with Crippen molar-refractivity contribution >= 4 is 0 Å². The van der Waals surface area contributed by atoms with Crippen LogP contribution in [0.15, 0.2) is 18.2 Å². The monoisotopic (exact) mass is 274 g/mol. The number of aliphatic hydroxyl groups is 1. The van der Waals surface area contributed by atoms with Gasteiger partial charge >= 0.3 is 0 Å². The van der Waals surface area contributed by atoms with Crippen molar-refractivity contribution in [2.24, 2.45) is 5.92 Å². The fraction of sp³-hybridized carbons (Fsp3) is 0.667. The van der Waals surface area contributed by atoms with Gasteiger partial charge in [-0.1, -0.05) is 38.2 Å². The Morgan fingerprint density at radius 3 is 2.75 bits per heavy atom. The van der Waals surface area contributed by atoms with E-state index >= 15 is 0 Å². The van der Waals surface area contributed by atoms with Gasteiger partial charge in [0.15, 0.2) is 0 Å². The van der Waals surface area contributed by atoms with Crippen molar-refractivity contribution in [3.8, 4) is 5.75 Å². The molecule has 0 aromatic heterocycles. The Kier molecular flexibility index (Phi) is 3.76. The van der Waals surface area contributed by atoms with Gasteiger partial charge in [0.1, 0.15) is 11.4 Å². The number of rotatable bonds is 3. The molecule has 1 aromatic rings. The molecule has 3 rings (SSSR count). The minimum Gasteiger partial charge on any atom is -0.487 e. The second-order valence-electron chi connectivity index (χ2n) is 7.16. The highest BCUT2D eigenvalue weighted by atomic mass is 16.5. The molecular formula is C18H26O2. The Balaban J connectivity index is 1.68. The molecule has 2 heteroatoms. The van der Waals surface area contributed by atoms with E-state index < -0.39 is 0 Å². The van der Waals surface area contributed by atoms with E-state index in [0.29, 0.717) is 5.92 Å². The van der Waals surface area contributed by atoms with E-state index in [9.17, 15) is 5.11 Å². The van der Waals surface area contributed by atoms with Gasteiger partial charge in [0.2, 0.25) is 0 Å². The summed E-state index contributed by atoms with van der Waals surface area (Å²) in [7, 11) is 0. The molecule has 0 amide bonds. The fourth-order valence-electron chi connectivity index (χ4n) is 3.71. The summed E-state index contributed by atoms with van der Waals surface area (Å²) in [5, 5.41) is 10.5. The van der Waals surface area contributed by atoms with Crippen LogP contribution in [0.2, 0.25) is 0 Å². The van der Waals surface area contributed by atoms with Crippen molar-refractivity contribution < 1.29 is 9.84 Å². The zero-order chi connectivity index (χ0) is 14.2. The second-order valence-corrected chi connectivity index (χ2v) is 7.16. The van der Waals surface area contributed by atoms with E-state index in [1.54, 1.807) is 0 Å². The molecular weight excluding hydrogens is 248 g/mol. The summed E-state index contributed by atoms with van der Waals surface area (Å²) in [5.41, 5.74) is 2.21. The van der Waals surface area contributed by atoms with Crippen LogP contribution in [0.4, 0.5) is 0 Å². The highest BCUT2D eigenvalue weighted by Crippen LogP contribution is 2.38. The van der Waals surface area contributed by atoms with Crippen molar-refractivity contribution in [1.82, 2.24) is 0 Å². The number of hydrogen-bond donors (Lipinski definition) is 1.